The lowest BCUT2D eigenvalue weighted by molar-refractivity contribution is -0.138. The van der Waals surface area contributed by atoms with Crippen LogP contribution in [0.1, 0.15) is 31.4 Å². The molecule has 0 spiro atoms. The van der Waals surface area contributed by atoms with Crippen LogP contribution in [0.3, 0.4) is 0 Å². The molecule has 2 nitrogen and oxygen atoms in total. The minimum absolute atomic E-state index is 0.204. The number of hydrogen-bond donors (Lipinski definition) is 2. The zero-order valence-electron chi connectivity index (χ0n) is 10.7. The van der Waals surface area contributed by atoms with Crippen LogP contribution < -0.4 is 5.32 Å². The molecule has 102 valence electrons. The van der Waals surface area contributed by atoms with Crippen molar-refractivity contribution >= 4 is 5.69 Å². The van der Waals surface area contributed by atoms with Crippen LogP contribution in [0.15, 0.2) is 18.2 Å². The number of halogens is 3. The molecular weight excluding hydrogens is 243 g/mol. The summed E-state index contributed by atoms with van der Waals surface area (Å²) in [5.41, 5.74) is -0.839. The van der Waals surface area contributed by atoms with Crippen LogP contribution in [-0.2, 0) is 6.18 Å². The van der Waals surface area contributed by atoms with E-state index in [1.165, 1.54) is 13.0 Å². The van der Waals surface area contributed by atoms with Crippen LogP contribution in [0.25, 0.3) is 0 Å². The second-order valence-corrected chi connectivity index (χ2v) is 5.02. The third-order valence-electron chi connectivity index (χ3n) is 2.61. The van der Waals surface area contributed by atoms with Gasteiger partial charge in [-0.3, -0.25) is 0 Å². The summed E-state index contributed by atoms with van der Waals surface area (Å²) in [6.07, 6.45) is -3.87. The number of rotatable bonds is 4. The number of anilines is 1. The highest BCUT2D eigenvalue weighted by atomic mass is 19.4. The number of benzene rings is 1. The Bertz CT molecular complexity index is 408. The molecule has 1 aromatic carbocycles. The quantitative estimate of drug-likeness (QED) is 0.868. The first-order valence-electron chi connectivity index (χ1n) is 5.74. The normalized spacial score (nSPS) is 12.6. The Hall–Kier alpha value is -1.23. The Morgan fingerprint density at radius 3 is 2.33 bits per heavy atom. The highest BCUT2D eigenvalue weighted by Crippen LogP contribution is 2.33. The lowest BCUT2D eigenvalue weighted by Gasteiger charge is -2.18. The van der Waals surface area contributed by atoms with Gasteiger partial charge in [-0.1, -0.05) is 6.07 Å². The van der Waals surface area contributed by atoms with E-state index in [2.05, 4.69) is 5.32 Å². The fourth-order valence-corrected chi connectivity index (χ4v) is 1.55. The second-order valence-electron chi connectivity index (χ2n) is 5.02. The minimum Gasteiger partial charge on any atom is -0.390 e. The minimum atomic E-state index is -4.34. The molecule has 1 rings (SSSR count). The van der Waals surface area contributed by atoms with Gasteiger partial charge in [0.05, 0.1) is 11.2 Å². The van der Waals surface area contributed by atoms with Crippen molar-refractivity contribution in [2.45, 2.75) is 39.0 Å². The summed E-state index contributed by atoms with van der Waals surface area (Å²) < 4.78 is 38.0. The molecule has 0 unspecified atom stereocenters. The largest absolute Gasteiger partial charge is 0.416 e. The zero-order valence-corrected chi connectivity index (χ0v) is 10.7. The first-order valence-corrected chi connectivity index (χ1v) is 5.74. The molecule has 0 bridgehead atoms. The molecule has 0 heterocycles. The van der Waals surface area contributed by atoms with Crippen LogP contribution >= 0.6 is 0 Å². The van der Waals surface area contributed by atoms with Crippen LogP contribution in [0.5, 0.6) is 0 Å². The van der Waals surface area contributed by atoms with Gasteiger partial charge in [0.2, 0.25) is 0 Å². The first-order chi connectivity index (χ1) is 8.09. The Kier molecular flexibility index (Phi) is 4.27. The van der Waals surface area contributed by atoms with Crippen LogP contribution in [0, 0.1) is 6.92 Å². The number of hydrogen-bond acceptors (Lipinski definition) is 2. The predicted octanol–water partition coefficient (Wildman–Crippen LogP) is 3.59. The van der Waals surface area contributed by atoms with Crippen molar-refractivity contribution in [3.63, 3.8) is 0 Å². The molecule has 0 aliphatic carbocycles. The number of aryl methyl sites for hydroxylation is 1. The fourth-order valence-electron chi connectivity index (χ4n) is 1.55. The van der Waals surface area contributed by atoms with Gasteiger partial charge in [-0.05, 0) is 44.9 Å². The van der Waals surface area contributed by atoms with Gasteiger partial charge in [0.15, 0.2) is 0 Å². The molecule has 0 radical (unpaired) electrons. The third-order valence-corrected chi connectivity index (χ3v) is 2.61. The lowest BCUT2D eigenvalue weighted by atomic mass is 10.1. The topological polar surface area (TPSA) is 32.3 Å². The molecule has 0 aliphatic rings. The van der Waals surface area contributed by atoms with Gasteiger partial charge in [-0.15, -0.1) is 0 Å². The van der Waals surface area contributed by atoms with Crippen molar-refractivity contribution in [1.29, 1.82) is 0 Å². The van der Waals surface area contributed by atoms with Gasteiger partial charge < -0.3 is 10.4 Å². The molecule has 5 heteroatoms. The predicted molar refractivity (Wildman–Crippen MR) is 65.6 cm³/mol. The molecule has 0 fully saturated rings. The van der Waals surface area contributed by atoms with Crippen LogP contribution in [-0.4, -0.2) is 17.3 Å². The number of aliphatic hydroxyl groups is 1. The van der Waals surface area contributed by atoms with E-state index in [1.54, 1.807) is 19.9 Å². The molecule has 0 amide bonds. The molecule has 0 saturated carbocycles. The summed E-state index contributed by atoms with van der Waals surface area (Å²) >= 11 is 0. The molecule has 1 aromatic rings. The van der Waals surface area contributed by atoms with E-state index in [9.17, 15) is 18.3 Å². The maximum Gasteiger partial charge on any atom is 0.416 e. The highest BCUT2D eigenvalue weighted by molar-refractivity contribution is 5.49. The molecule has 0 aliphatic heterocycles. The fraction of sp³-hybridized carbons (Fsp3) is 0.538. The molecule has 18 heavy (non-hydrogen) atoms. The van der Waals surface area contributed by atoms with E-state index in [-0.39, 0.29) is 5.56 Å². The lowest BCUT2D eigenvalue weighted by Crippen LogP contribution is -2.22. The van der Waals surface area contributed by atoms with E-state index in [1.807, 2.05) is 0 Å². The van der Waals surface area contributed by atoms with E-state index in [4.69, 9.17) is 0 Å². The highest BCUT2D eigenvalue weighted by Gasteiger charge is 2.32. The molecular formula is C13H18F3NO. The van der Waals surface area contributed by atoms with E-state index in [0.717, 1.165) is 6.07 Å². The van der Waals surface area contributed by atoms with Crippen molar-refractivity contribution in [1.82, 2.24) is 0 Å². The Labute approximate surface area is 105 Å². The summed E-state index contributed by atoms with van der Waals surface area (Å²) in [7, 11) is 0. The van der Waals surface area contributed by atoms with Gasteiger partial charge in [0, 0.05) is 12.2 Å². The van der Waals surface area contributed by atoms with E-state index < -0.39 is 17.3 Å². The standard InChI is InChI=1S/C13H18F3NO/c1-9-4-5-10(8-11(9)13(14,15)16)17-7-6-12(2,3)18/h4-5,8,17-18H,6-7H2,1-3H3. The molecule has 0 atom stereocenters. The summed E-state index contributed by atoms with van der Waals surface area (Å²) in [6, 6.07) is 4.14. The SMILES string of the molecule is Cc1ccc(NCCC(C)(C)O)cc1C(F)(F)F. The maximum absolute atomic E-state index is 12.7. The Morgan fingerprint density at radius 1 is 1.22 bits per heavy atom. The van der Waals surface area contributed by atoms with Crippen molar-refractivity contribution in [3.8, 4) is 0 Å². The van der Waals surface area contributed by atoms with E-state index >= 15 is 0 Å². The first kappa shape index (κ1) is 14.8. The third kappa shape index (κ3) is 4.56. The number of alkyl halides is 3. The zero-order chi connectivity index (χ0) is 14.0. The Balaban J connectivity index is 2.74. The van der Waals surface area contributed by atoms with Gasteiger partial charge >= 0.3 is 6.18 Å². The average molecular weight is 261 g/mol. The summed E-state index contributed by atoms with van der Waals surface area (Å²) in [5, 5.41) is 12.4. The average Bonchev–Trinajstić information content (AvgIpc) is 2.17. The van der Waals surface area contributed by atoms with Crippen molar-refractivity contribution in [2.24, 2.45) is 0 Å². The van der Waals surface area contributed by atoms with Crippen LogP contribution in [0.2, 0.25) is 0 Å². The Morgan fingerprint density at radius 2 is 1.83 bits per heavy atom. The monoisotopic (exact) mass is 261 g/mol. The van der Waals surface area contributed by atoms with Gasteiger partial charge in [-0.25, -0.2) is 0 Å². The van der Waals surface area contributed by atoms with Crippen LogP contribution in [0.4, 0.5) is 18.9 Å². The van der Waals surface area contributed by atoms with Gasteiger partial charge in [0.1, 0.15) is 0 Å². The summed E-state index contributed by atoms with van der Waals surface area (Å²) in [5.74, 6) is 0. The molecule has 0 aromatic heterocycles. The molecule has 0 saturated heterocycles. The van der Waals surface area contributed by atoms with Crippen molar-refractivity contribution in [3.05, 3.63) is 29.3 Å². The smallest absolute Gasteiger partial charge is 0.390 e. The van der Waals surface area contributed by atoms with Crippen molar-refractivity contribution in [2.75, 3.05) is 11.9 Å². The summed E-state index contributed by atoms with van der Waals surface area (Å²) in [6.45, 7) is 5.17. The summed E-state index contributed by atoms with van der Waals surface area (Å²) in [4.78, 5) is 0. The van der Waals surface area contributed by atoms with Gasteiger partial charge in [-0.2, -0.15) is 13.2 Å². The second kappa shape index (κ2) is 5.18. The molecule has 2 N–H and O–H groups in total. The van der Waals surface area contributed by atoms with Gasteiger partial charge in [0.25, 0.3) is 0 Å². The van der Waals surface area contributed by atoms with Crippen molar-refractivity contribution < 1.29 is 18.3 Å². The van der Waals surface area contributed by atoms with E-state index in [0.29, 0.717) is 18.7 Å². The maximum atomic E-state index is 12.7. The number of nitrogens with one attached hydrogen (secondary N) is 1.